The smallest absolute Gasteiger partial charge is 0.433 e. The van der Waals surface area contributed by atoms with Gasteiger partial charge in [-0.3, -0.25) is 10.1 Å². The van der Waals surface area contributed by atoms with Crippen LogP contribution >= 0.6 is 34.8 Å². The molecule has 0 aliphatic heterocycles. The number of benzene rings is 1. The second-order valence-corrected chi connectivity index (χ2v) is 5.29. The van der Waals surface area contributed by atoms with Gasteiger partial charge in [-0.25, -0.2) is 4.79 Å². The molecule has 0 aromatic heterocycles. The monoisotopic (exact) mass is 356 g/mol. The second kappa shape index (κ2) is 7.65. The van der Waals surface area contributed by atoms with Crippen LogP contribution in [0.15, 0.2) is 6.07 Å². The number of halogens is 3. The molecular formula is C11H11Cl3N2O5. The quantitative estimate of drug-likeness (QED) is 0.263. The molecule has 0 saturated heterocycles. The van der Waals surface area contributed by atoms with Crippen LogP contribution in [-0.2, 0) is 4.74 Å². The van der Waals surface area contributed by atoms with Crippen LogP contribution in [0.2, 0.25) is 15.1 Å². The minimum absolute atomic E-state index is 0.0541. The third-order valence-electron chi connectivity index (χ3n) is 2.23. The summed E-state index contributed by atoms with van der Waals surface area (Å²) in [6, 6.07) is 1.14. The molecule has 0 heterocycles. The van der Waals surface area contributed by atoms with E-state index in [1.54, 1.807) is 19.0 Å². The average molecular weight is 358 g/mol. The molecule has 21 heavy (non-hydrogen) atoms. The molecule has 0 unspecified atom stereocenters. The minimum atomic E-state index is -1.12. The summed E-state index contributed by atoms with van der Waals surface area (Å²) in [6.45, 7) is 0.519. The maximum atomic E-state index is 11.5. The van der Waals surface area contributed by atoms with Gasteiger partial charge in [-0.05, 0) is 20.2 Å². The van der Waals surface area contributed by atoms with Crippen LogP contribution < -0.4 is 4.74 Å². The van der Waals surface area contributed by atoms with Crippen molar-refractivity contribution in [2.45, 2.75) is 0 Å². The summed E-state index contributed by atoms with van der Waals surface area (Å²) in [5, 5.41) is 10.3. The summed E-state index contributed by atoms with van der Waals surface area (Å²) in [7, 11) is 3.57. The van der Waals surface area contributed by atoms with Crippen molar-refractivity contribution in [1.29, 1.82) is 0 Å². The van der Waals surface area contributed by atoms with E-state index in [4.69, 9.17) is 44.3 Å². The number of rotatable bonds is 5. The van der Waals surface area contributed by atoms with Crippen LogP contribution in [0.4, 0.5) is 10.5 Å². The van der Waals surface area contributed by atoms with E-state index >= 15 is 0 Å². The molecule has 0 fully saturated rings. The average Bonchev–Trinajstić information content (AvgIpc) is 2.35. The fourth-order valence-electron chi connectivity index (χ4n) is 1.25. The van der Waals surface area contributed by atoms with Crippen molar-refractivity contribution in [3.63, 3.8) is 0 Å². The van der Waals surface area contributed by atoms with E-state index in [9.17, 15) is 14.9 Å². The molecule has 1 aromatic rings. The first kappa shape index (κ1) is 17.8. The van der Waals surface area contributed by atoms with Crippen LogP contribution in [0.1, 0.15) is 0 Å². The van der Waals surface area contributed by atoms with Gasteiger partial charge in [0, 0.05) is 6.54 Å². The predicted octanol–water partition coefficient (Wildman–Crippen LogP) is 3.63. The number of likely N-dealkylation sites (N-methyl/N-ethyl adjacent to an activating group) is 1. The zero-order chi connectivity index (χ0) is 16.2. The number of nitro benzene ring substituents is 1. The van der Waals surface area contributed by atoms with Gasteiger partial charge in [-0.15, -0.1) is 0 Å². The van der Waals surface area contributed by atoms with Gasteiger partial charge in [0.25, 0.3) is 0 Å². The Kier molecular flexibility index (Phi) is 6.47. The van der Waals surface area contributed by atoms with Gasteiger partial charge in [0.05, 0.1) is 15.0 Å². The van der Waals surface area contributed by atoms with Crippen molar-refractivity contribution < 1.29 is 19.2 Å². The standard InChI is InChI=1S/C11H11Cl3N2O5/c1-15(2)3-4-20-11(17)21-10-7(13)5-6(12)8(14)9(10)16(18)19/h5H,3-4H2,1-2H3. The third kappa shape index (κ3) is 4.89. The van der Waals surface area contributed by atoms with E-state index in [-0.39, 0.29) is 21.7 Å². The molecule has 0 aliphatic carbocycles. The molecule has 0 atom stereocenters. The summed E-state index contributed by atoms with van der Waals surface area (Å²) in [5.41, 5.74) is -0.696. The van der Waals surface area contributed by atoms with Crippen LogP contribution in [0.3, 0.4) is 0 Å². The summed E-state index contributed by atoms with van der Waals surface area (Å²) in [5.74, 6) is -0.508. The Bertz CT molecular complexity index is 565. The molecule has 0 bridgehead atoms. The lowest BCUT2D eigenvalue weighted by Crippen LogP contribution is -2.21. The first-order valence-corrected chi connectivity index (χ1v) is 6.68. The number of nitro groups is 1. The molecule has 0 N–H and O–H groups in total. The molecule has 7 nitrogen and oxygen atoms in total. The highest BCUT2D eigenvalue weighted by Crippen LogP contribution is 2.44. The van der Waals surface area contributed by atoms with Crippen molar-refractivity contribution in [3.8, 4) is 5.75 Å². The molecule has 0 saturated carbocycles. The summed E-state index contributed by atoms with van der Waals surface area (Å²) in [4.78, 5) is 23.4. The van der Waals surface area contributed by atoms with Crippen molar-refractivity contribution in [2.24, 2.45) is 0 Å². The number of hydrogen-bond donors (Lipinski definition) is 0. The number of carbonyl (C=O) groups is 1. The van der Waals surface area contributed by atoms with Crippen LogP contribution in [0, 0.1) is 10.1 Å². The van der Waals surface area contributed by atoms with Gasteiger partial charge >= 0.3 is 11.8 Å². The SMILES string of the molecule is CN(C)CCOC(=O)Oc1c(Cl)cc(Cl)c(Cl)c1[N+](=O)[O-]. The van der Waals surface area contributed by atoms with E-state index in [1.165, 1.54) is 0 Å². The van der Waals surface area contributed by atoms with Crippen molar-refractivity contribution >= 4 is 46.6 Å². The highest BCUT2D eigenvalue weighted by molar-refractivity contribution is 6.45. The number of carbonyl (C=O) groups excluding carboxylic acids is 1. The van der Waals surface area contributed by atoms with E-state index in [1.807, 2.05) is 0 Å². The zero-order valence-corrected chi connectivity index (χ0v) is 13.3. The van der Waals surface area contributed by atoms with Crippen LogP contribution in [-0.4, -0.2) is 43.2 Å². The summed E-state index contributed by atoms with van der Waals surface area (Å²) in [6.07, 6.45) is -1.12. The van der Waals surface area contributed by atoms with Crippen LogP contribution in [0.5, 0.6) is 5.75 Å². The lowest BCUT2D eigenvalue weighted by atomic mass is 10.3. The minimum Gasteiger partial charge on any atom is -0.433 e. The highest BCUT2D eigenvalue weighted by Gasteiger charge is 2.28. The normalized spacial score (nSPS) is 10.6. The van der Waals surface area contributed by atoms with Crippen molar-refractivity contribution in [3.05, 3.63) is 31.2 Å². The Morgan fingerprint density at radius 1 is 1.33 bits per heavy atom. The Hall–Kier alpha value is -1.28. The fourth-order valence-corrected chi connectivity index (χ4v) is 1.95. The third-order valence-corrected chi connectivity index (χ3v) is 3.29. The predicted molar refractivity (Wildman–Crippen MR) is 78.7 cm³/mol. The van der Waals surface area contributed by atoms with Gasteiger partial charge in [0.15, 0.2) is 0 Å². The van der Waals surface area contributed by atoms with E-state index < -0.39 is 22.5 Å². The van der Waals surface area contributed by atoms with E-state index in [2.05, 4.69) is 0 Å². The highest BCUT2D eigenvalue weighted by atomic mass is 35.5. The first-order valence-electron chi connectivity index (χ1n) is 5.55. The maximum Gasteiger partial charge on any atom is 0.514 e. The fraction of sp³-hybridized carbons (Fsp3) is 0.364. The molecule has 0 radical (unpaired) electrons. The molecule has 1 rings (SSSR count). The molecule has 0 amide bonds. The second-order valence-electron chi connectivity index (χ2n) is 4.09. The lowest BCUT2D eigenvalue weighted by Gasteiger charge is -2.11. The van der Waals surface area contributed by atoms with Gasteiger partial charge in [0.1, 0.15) is 11.6 Å². The van der Waals surface area contributed by atoms with Crippen molar-refractivity contribution in [1.82, 2.24) is 4.90 Å². The summed E-state index contributed by atoms with van der Waals surface area (Å²) >= 11 is 17.2. The summed E-state index contributed by atoms with van der Waals surface area (Å²) < 4.78 is 9.52. The molecule has 1 aromatic carbocycles. The largest absolute Gasteiger partial charge is 0.514 e. The Labute approximate surface area is 135 Å². The Balaban J connectivity index is 2.95. The Morgan fingerprint density at radius 3 is 2.48 bits per heavy atom. The van der Waals surface area contributed by atoms with Gasteiger partial charge in [-0.1, -0.05) is 34.8 Å². The number of ether oxygens (including phenoxy) is 2. The Morgan fingerprint density at radius 2 is 1.95 bits per heavy atom. The van der Waals surface area contributed by atoms with Gasteiger partial charge in [-0.2, -0.15) is 0 Å². The molecular weight excluding hydrogens is 346 g/mol. The maximum absolute atomic E-state index is 11.5. The molecule has 0 spiro atoms. The molecule has 0 aliphatic rings. The van der Waals surface area contributed by atoms with Crippen LogP contribution in [0.25, 0.3) is 0 Å². The molecule has 10 heteroatoms. The number of hydrogen-bond acceptors (Lipinski definition) is 6. The van der Waals surface area contributed by atoms with E-state index in [0.717, 1.165) is 6.07 Å². The number of nitrogens with zero attached hydrogens (tertiary/aromatic N) is 2. The topological polar surface area (TPSA) is 81.9 Å². The molecule has 116 valence electrons. The zero-order valence-electron chi connectivity index (χ0n) is 11.1. The first-order chi connectivity index (χ1) is 9.73. The van der Waals surface area contributed by atoms with Crippen molar-refractivity contribution in [2.75, 3.05) is 27.2 Å². The van der Waals surface area contributed by atoms with Gasteiger partial charge in [0.2, 0.25) is 5.75 Å². The van der Waals surface area contributed by atoms with Gasteiger partial charge < -0.3 is 14.4 Å². The lowest BCUT2D eigenvalue weighted by molar-refractivity contribution is -0.385. The van der Waals surface area contributed by atoms with E-state index in [0.29, 0.717) is 6.54 Å².